The molecule has 2 saturated heterocycles. The Kier molecular flexibility index (Phi) is 4.19. The van der Waals surface area contributed by atoms with Crippen LogP contribution in [0.3, 0.4) is 0 Å². The first-order valence-electron chi connectivity index (χ1n) is 7.59. The van der Waals surface area contributed by atoms with Gasteiger partial charge >= 0.3 is 0 Å². The van der Waals surface area contributed by atoms with Crippen LogP contribution in [0.5, 0.6) is 0 Å². The molecule has 3 rings (SSSR count). The summed E-state index contributed by atoms with van der Waals surface area (Å²) in [5.41, 5.74) is 2.43. The summed E-state index contributed by atoms with van der Waals surface area (Å²) < 4.78 is 26.8. The molecule has 2 aliphatic heterocycles. The van der Waals surface area contributed by atoms with Crippen molar-refractivity contribution in [3.8, 4) is 0 Å². The van der Waals surface area contributed by atoms with E-state index in [1.807, 2.05) is 0 Å². The van der Waals surface area contributed by atoms with Crippen molar-refractivity contribution in [2.45, 2.75) is 18.6 Å². The molecule has 2 heterocycles. The van der Waals surface area contributed by atoms with E-state index in [2.05, 4.69) is 41.4 Å². The van der Waals surface area contributed by atoms with E-state index in [0.29, 0.717) is 19.6 Å². The van der Waals surface area contributed by atoms with Crippen LogP contribution in [0.1, 0.15) is 12.0 Å². The zero-order valence-electron chi connectivity index (χ0n) is 12.5. The highest BCUT2D eigenvalue weighted by Gasteiger charge is 2.35. The summed E-state index contributed by atoms with van der Waals surface area (Å²) in [6, 6.07) is 8.39. The third-order valence-electron chi connectivity index (χ3n) is 4.40. The molecule has 116 valence electrons. The van der Waals surface area contributed by atoms with Crippen LogP contribution >= 0.6 is 0 Å². The first-order valence-corrected chi connectivity index (χ1v) is 9.09. The third-order valence-corrected chi connectivity index (χ3v) is 6.73. The van der Waals surface area contributed by atoms with Gasteiger partial charge in [0, 0.05) is 38.4 Å². The van der Waals surface area contributed by atoms with Crippen LogP contribution in [0, 0.1) is 6.92 Å². The Hall–Kier alpha value is -1.11. The quantitative estimate of drug-likeness (QED) is 0.898. The molecule has 0 radical (unpaired) electrons. The maximum Gasteiger partial charge on any atom is 0.218 e. The third kappa shape index (κ3) is 3.07. The lowest BCUT2D eigenvalue weighted by Crippen LogP contribution is -2.51. The van der Waals surface area contributed by atoms with Gasteiger partial charge in [-0.1, -0.05) is 12.1 Å². The minimum atomic E-state index is -3.13. The number of piperazine rings is 1. The molecule has 0 amide bonds. The maximum absolute atomic E-state index is 12.6. The minimum absolute atomic E-state index is 0.233. The molecule has 0 aliphatic carbocycles. The number of aryl methyl sites for hydroxylation is 1. The van der Waals surface area contributed by atoms with Crippen LogP contribution in [-0.2, 0) is 10.0 Å². The van der Waals surface area contributed by atoms with Crippen LogP contribution in [0.4, 0.5) is 5.69 Å². The summed E-state index contributed by atoms with van der Waals surface area (Å²) in [6.45, 7) is 6.20. The molecule has 2 aliphatic rings. The second-order valence-electron chi connectivity index (χ2n) is 5.88. The van der Waals surface area contributed by atoms with Gasteiger partial charge in [-0.25, -0.2) is 8.42 Å². The molecule has 0 bridgehead atoms. The van der Waals surface area contributed by atoms with E-state index in [-0.39, 0.29) is 5.25 Å². The second-order valence-corrected chi connectivity index (χ2v) is 8.10. The molecule has 1 aromatic carbocycles. The molecule has 0 saturated carbocycles. The van der Waals surface area contributed by atoms with Crippen molar-refractivity contribution in [1.82, 2.24) is 9.62 Å². The number of hydrogen-bond donors (Lipinski definition) is 1. The van der Waals surface area contributed by atoms with E-state index in [0.717, 1.165) is 26.1 Å². The molecular weight excluding hydrogens is 286 g/mol. The zero-order chi connectivity index (χ0) is 14.9. The Morgan fingerprint density at radius 1 is 1.19 bits per heavy atom. The number of nitrogens with one attached hydrogen (secondary N) is 1. The van der Waals surface area contributed by atoms with Gasteiger partial charge < -0.3 is 10.2 Å². The monoisotopic (exact) mass is 309 g/mol. The largest absolute Gasteiger partial charge is 0.369 e. The topological polar surface area (TPSA) is 52.7 Å². The summed E-state index contributed by atoms with van der Waals surface area (Å²) in [4.78, 5) is 2.27. The smallest absolute Gasteiger partial charge is 0.218 e. The highest BCUT2D eigenvalue weighted by atomic mass is 32.2. The Labute approximate surface area is 127 Å². The van der Waals surface area contributed by atoms with Gasteiger partial charge in [0.25, 0.3) is 0 Å². The highest BCUT2D eigenvalue weighted by Crippen LogP contribution is 2.21. The van der Waals surface area contributed by atoms with Crippen molar-refractivity contribution in [1.29, 1.82) is 0 Å². The van der Waals surface area contributed by atoms with Crippen molar-refractivity contribution in [3.05, 3.63) is 29.8 Å². The van der Waals surface area contributed by atoms with E-state index in [1.54, 1.807) is 4.31 Å². The number of rotatable bonds is 3. The summed E-state index contributed by atoms with van der Waals surface area (Å²) in [5.74, 6) is 0. The predicted molar refractivity (Wildman–Crippen MR) is 85.2 cm³/mol. The van der Waals surface area contributed by atoms with E-state index in [4.69, 9.17) is 0 Å². The Balaban J connectivity index is 1.65. The van der Waals surface area contributed by atoms with Crippen molar-refractivity contribution >= 4 is 15.7 Å². The number of anilines is 1. The van der Waals surface area contributed by atoms with Crippen molar-refractivity contribution < 1.29 is 8.42 Å². The molecule has 0 spiro atoms. The SMILES string of the molecule is Cc1cccc(N2CCN(S(=O)(=O)C3CCNC3)CC2)c1. The molecule has 1 aromatic rings. The maximum atomic E-state index is 12.6. The second kappa shape index (κ2) is 5.94. The zero-order valence-corrected chi connectivity index (χ0v) is 13.3. The lowest BCUT2D eigenvalue weighted by molar-refractivity contribution is 0.379. The lowest BCUT2D eigenvalue weighted by atomic mass is 10.2. The van der Waals surface area contributed by atoms with Gasteiger partial charge in [0.15, 0.2) is 0 Å². The first kappa shape index (κ1) is 14.8. The van der Waals surface area contributed by atoms with Crippen LogP contribution in [0.15, 0.2) is 24.3 Å². The molecule has 5 nitrogen and oxygen atoms in total. The molecule has 0 aromatic heterocycles. The number of hydrogen-bond acceptors (Lipinski definition) is 4. The standard InChI is InChI=1S/C15H23N3O2S/c1-13-3-2-4-14(11-13)17-7-9-18(10-8-17)21(19,20)15-5-6-16-12-15/h2-4,11,15-16H,5-10,12H2,1H3. The molecular formula is C15H23N3O2S. The fraction of sp³-hybridized carbons (Fsp3) is 0.600. The van der Waals surface area contributed by atoms with Crippen molar-refractivity contribution in [3.63, 3.8) is 0 Å². The van der Waals surface area contributed by atoms with Gasteiger partial charge in [-0.3, -0.25) is 0 Å². The summed E-state index contributed by atoms with van der Waals surface area (Å²) >= 11 is 0. The van der Waals surface area contributed by atoms with Gasteiger partial charge in [-0.15, -0.1) is 0 Å². The van der Waals surface area contributed by atoms with Gasteiger partial charge in [0.1, 0.15) is 0 Å². The number of nitrogens with zero attached hydrogens (tertiary/aromatic N) is 2. The number of sulfonamides is 1. The Bertz CT molecular complexity index is 589. The minimum Gasteiger partial charge on any atom is -0.369 e. The van der Waals surface area contributed by atoms with Gasteiger partial charge in [-0.2, -0.15) is 4.31 Å². The van der Waals surface area contributed by atoms with Gasteiger partial charge in [-0.05, 0) is 37.6 Å². The predicted octanol–water partition coefficient (Wildman–Crippen LogP) is 0.809. The normalized spacial score (nSPS) is 24.4. The molecule has 2 fully saturated rings. The van der Waals surface area contributed by atoms with Crippen LogP contribution in [0.25, 0.3) is 0 Å². The van der Waals surface area contributed by atoms with Gasteiger partial charge in [0.2, 0.25) is 10.0 Å². The highest BCUT2D eigenvalue weighted by molar-refractivity contribution is 7.89. The average molecular weight is 309 g/mol. The fourth-order valence-corrected chi connectivity index (χ4v) is 4.96. The molecule has 1 N–H and O–H groups in total. The Morgan fingerprint density at radius 3 is 2.57 bits per heavy atom. The Morgan fingerprint density at radius 2 is 1.95 bits per heavy atom. The summed E-state index contributed by atoms with van der Waals surface area (Å²) in [5, 5.41) is 2.91. The summed E-state index contributed by atoms with van der Waals surface area (Å²) in [6.07, 6.45) is 0.737. The van der Waals surface area contributed by atoms with E-state index in [1.165, 1.54) is 11.3 Å². The van der Waals surface area contributed by atoms with Crippen LogP contribution in [-0.4, -0.2) is 57.2 Å². The van der Waals surface area contributed by atoms with Crippen LogP contribution < -0.4 is 10.2 Å². The van der Waals surface area contributed by atoms with Crippen molar-refractivity contribution in [2.75, 3.05) is 44.2 Å². The van der Waals surface area contributed by atoms with E-state index >= 15 is 0 Å². The number of benzene rings is 1. The first-order chi connectivity index (χ1) is 10.1. The fourth-order valence-electron chi connectivity index (χ4n) is 3.12. The molecule has 21 heavy (non-hydrogen) atoms. The van der Waals surface area contributed by atoms with Crippen molar-refractivity contribution in [2.24, 2.45) is 0 Å². The average Bonchev–Trinajstić information content (AvgIpc) is 3.02. The van der Waals surface area contributed by atoms with Gasteiger partial charge in [0.05, 0.1) is 5.25 Å². The lowest BCUT2D eigenvalue weighted by Gasteiger charge is -2.36. The van der Waals surface area contributed by atoms with Crippen LogP contribution in [0.2, 0.25) is 0 Å². The molecule has 1 unspecified atom stereocenters. The molecule has 6 heteroatoms. The van der Waals surface area contributed by atoms with E-state index in [9.17, 15) is 8.42 Å². The summed E-state index contributed by atoms with van der Waals surface area (Å²) in [7, 11) is -3.13. The molecule has 1 atom stereocenters. The van der Waals surface area contributed by atoms with E-state index < -0.39 is 10.0 Å².